The van der Waals surface area contributed by atoms with E-state index in [1.54, 1.807) is 17.3 Å². The van der Waals surface area contributed by atoms with Crippen LogP contribution in [-0.4, -0.2) is 75.5 Å². The minimum absolute atomic E-state index is 0.132. The molecule has 218 valence electrons. The van der Waals surface area contributed by atoms with E-state index in [2.05, 4.69) is 20.2 Å². The molecule has 3 heterocycles. The van der Waals surface area contributed by atoms with E-state index in [4.69, 9.17) is 4.42 Å². The molecule has 0 radical (unpaired) electrons. The average Bonchev–Trinajstić information content (AvgIpc) is 3.69. The van der Waals surface area contributed by atoms with Gasteiger partial charge < -0.3 is 19.7 Å². The Bertz CT molecular complexity index is 1360. The number of likely N-dealkylation sites (tertiary alicyclic amines) is 1. The van der Waals surface area contributed by atoms with Gasteiger partial charge in [0.15, 0.2) is 0 Å². The van der Waals surface area contributed by atoms with Crippen molar-refractivity contribution in [2.24, 2.45) is 0 Å². The molecule has 9 nitrogen and oxygen atoms in total. The number of aromatic nitrogens is 2. The van der Waals surface area contributed by atoms with Crippen LogP contribution in [0.1, 0.15) is 53.7 Å². The first-order valence-electron chi connectivity index (χ1n) is 13.6. The number of pyridine rings is 1. The summed E-state index contributed by atoms with van der Waals surface area (Å²) in [6.45, 7) is 0.744. The zero-order chi connectivity index (χ0) is 29.2. The molecule has 3 aromatic rings. The Morgan fingerprint density at radius 1 is 1.15 bits per heavy atom. The van der Waals surface area contributed by atoms with Crippen LogP contribution in [0, 0.1) is 0 Å². The predicted molar refractivity (Wildman–Crippen MR) is 142 cm³/mol. The number of carbonyl (C=O) groups excluding carboxylic acids is 2. The maximum absolute atomic E-state index is 12.9. The number of alkyl halides is 3. The number of likely N-dealkylation sites (N-methyl/N-ethyl adjacent to an activating group) is 1. The highest BCUT2D eigenvalue weighted by Gasteiger charge is 2.40. The number of nitrogens with one attached hydrogen (secondary N) is 1. The molecule has 2 aliphatic rings. The van der Waals surface area contributed by atoms with Crippen LogP contribution in [0.25, 0.3) is 11.5 Å². The normalized spacial score (nSPS) is 23.1. The molecular weight excluding hydrogens is 539 g/mol. The molecule has 0 unspecified atom stereocenters. The molecule has 2 fully saturated rings. The van der Waals surface area contributed by atoms with Gasteiger partial charge in [-0.05, 0) is 69.5 Å². The molecule has 1 saturated carbocycles. The van der Waals surface area contributed by atoms with E-state index in [1.807, 2.05) is 19.2 Å². The molecule has 1 aliphatic carbocycles. The second kappa shape index (κ2) is 11.6. The van der Waals surface area contributed by atoms with Gasteiger partial charge in [-0.1, -0.05) is 6.07 Å². The van der Waals surface area contributed by atoms with E-state index in [0.29, 0.717) is 37.5 Å². The highest BCUT2D eigenvalue weighted by Crippen LogP contribution is 2.39. The predicted octanol–water partition coefficient (Wildman–Crippen LogP) is 3.85. The van der Waals surface area contributed by atoms with Gasteiger partial charge in [-0.2, -0.15) is 13.2 Å². The fraction of sp³-hybridized carbons (Fsp3) is 0.448. The van der Waals surface area contributed by atoms with E-state index < -0.39 is 23.2 Å². The highest BCUT2D eigenvalue weighted by molar-refractivity contribution is 5.96. The summed E-state index contributed by atoms with van der Waals surface area (Å²) in [5.41, 5.74) is -0.711. The Morgan fingerprint density at radius 2 is 1.93 bits per heavy atom. The third-order valence-electron chi connectivity index (χ3n) is 8.22. The molecule has 1 atom stereocenters. The summed E-state index contributed by atoms with van der Waals surface area (Å²) >= 11 is 0. The van der Waals surface area contributed by atoms with Crippen LogP contribution in [0.2, 0.25) is 0 Å². The number of oxazole rings is 1. The number of rotatable bonds is 7. The first-order chi connectivity index (χ1) is 19.5. The number of aliphatic hydroxyl groups is 1. The standard InChI is InChI=1S/C29H32F3N5O4/c1-36(22-7-10-28(40,11-8-22)24-6-5-20(16-34-24)27-33-12-14-41-27)23-9-13-37(18-23)25(38)17-35-26(39)19-3-2-4-21(15-19)29(30,31)32/h2-6,12,14-16,22-23,40H,7-11,13,17-18H2,1H3,(H,35,39)/t22?,23-,28?/m0/s1. The number of nitrogens with zero attached hydrogens (tertiary/aromatic N) is 4. The quantitative estimate of drug-likeness (QED) is 0.443. The number of hydrogen-bond acceptors (Lipinski definition) is 7. The van der Waals surface area contributed by atoms with E-state index in [-0.39, 0.29) is 30.1 Å². The third kappa shape index (κ3) is 6.43. The maximum Gasteiger partial charge on any atom is 0.416 e. The summed E-state index contributed by atoms with van der Waals surface area (Å²) in [6.07, 6.45) is 3.60. The van der Waals surface area contributed by atoms with Crippen LogP contribution in [-0.2, 0) is 16.6 Å². The van der Waals surface area contributed by atoms with Crippen molar-refractivity contribution in [3.63, 3.8) is 0 Å². The van der Waals surface area contributed by atoms with E-state index in [0.717, 1.165) is 37.0 Å². The SMILES string of the molecule is CN(C1CCC(O)(c2ccc(-c3ncco3)cn2)CC1)[C@H]1CCN(C(=O)CNC(=O)c2cccc(C(F)(F)F)c2)C1. The van der Waals surface area contributed by atoms with Crippen molar-refractivity contribution in [1.82, 2.24) is 25.1 Å². The lowest BCUT2D eigenvalue weighted by Crippen LogP contribution is -2.47. The first-order valence-corrected chi connectivity index (χ1v) is 13.6. The van der Waals surface area contributed by atoms with Crippen molar-refractivity contribution in [2.45, 2.75) is 56.0 Å². The van der Waals surface area contributed by atoms with Crippen molar-refractivity contribution in [1.29, 1.82) is 0 Å². The van der Waals surface area contributed by atoms with Gasteiger partial charge in [0.1, 0.15) is 11.9 Å². The minimum Gasteiger partial charge on any atom is -0.444 e. The van der Waals surface area contributed by atoms with Crippen molar-refractivity contribution < 1.29 is 32.3 Å². The number of amides is 2. The van der Waals surface area contributed by atoms with Gasteiger partial charge in [0.25, 0.3) is 5.91 Å². The van der Waals surface area contributed by atoms with Crippen molar-refractivity contribution in [3.8, 4) is 11.5 Å². The Labute approximate surface area is 235 Å². The van der Waals surface area contributed by atoms with Crippen LogP contribution in [0.3, 0.4) is 0 Å². The Morgan fingerprint density at radius 3 is 2.59 bits per heavy atom. The Balaban J connectivity index is 1.09. The van der Waals surface area contributed by atoms with E-state index in [9.17, 15) is 27.9 Å². The van der Waals surface area contributed by atoms with Crippen LogP contribution in [0.15, 0.2) is 59.5 Å². The average molecular weight is 572 g/mol. The molecule has 1 aliphatic heterocycles. The van der Waals surface area contributed by atoms with Gasteiger partial charge in [-0.25, -0.2) is 4.98 Å². The molecule has 1 aromatic carbocycles. The van der Waals surface area contributed by atoms with Gasteiger partial charge in [0.2, 0.25) is 11.8 Å². The summed E-state index contributed by atoms with van der Waals surface area (Å²) in [6, 6.07) is 8.14. The van der Waals surface area contributed by atoms with Crippen molar-refractivity contribution >= 4 is 11.8 Å². The number of benzene rings is 1. The second-order valence-corrected chi connectivity index (χ2v) is 10.7. The molecule has 1 saturated heterocycles. The molecule has 0 bridgehead atoms. The molecule has 41 heavy (non-hydrogen) atoms. The zero-order valence-corrected chi connectivity index (χ0v) is 22.6. The third-order valence-corrected chi connectivity index (χ3v) is 8.22. The van der Waals surface area contributed by atoms with Crippen molar-refractivity contribution in [3.05, 3.63) is 71.9 Å². The second-order valence-electron chi connectivity index (χ2n) is 10.7. The van der Waals surface area contributed by atoms with Gasteiger partial charge in [-0.15, -0.1) is 0 Å². The number of hydrogen-bond donors (Lipinski definition) is 2. The van der Waals surface area contributed by atoms with Gasteiger partial charge in [0, 0.05) is 36.9 Å². The fourth-order valence-electron chi connectivity index (χ4n) is 5.71. The maximum atomic E-state index is 12.9. The summed E-state index contributed by atoms with van der Waals surface area (Å²) < 4.78 is 44.1. The Hall–Kier alpha value is -3.77. The smallest absolute Gasteiger partial charge is 0.416 e. The minimum atomic E-state index is -4.55. The topological polar surface area (TPSA) is 112 Å². The summed E-state index contributed by atoms with van der Waals surface area (Å²) in [5.74, 6) is -0.532. The zero-order valence-electron chi connectivity index (χ0n) is 22.6. The van der Waals surface area contributed by atoms with Crippen LogP contribution in [0.5, 0.6) is 0 Å². The monoisotopic (exact) mass is 571 g/mol. The summed E-state index contributed by atoms with van der Waals surface area (Å²) in [5, 5.41) is 13.8. The lowest BCUT2D eigenvalue weighted by atomic mass is 9.79. The Kier molecular flexibility index (Phi) is 8.14. The van der Waals surface area contributed by atoms with Crippen LogP contribution in [0.4, 0.5) is 13.2 Å². The first kappa shape index (κ1) is 28.7. The molecule has 2 aromatic heterocycles. The van der Waals surface area contributed by atoms with Gasteiger partial charge in [0.05, 0.1) is 29.6 Å². The van der Waals surface area contributed by atoms with E-state index >= 15 is 0 Å². The lowest BCUT2D eigenvalue weighted by molar-refractivity contribution is -0.137. The van der Waals surface area contributed by atoms with Crippen LogP contribution >= 0.6 is 0 Å². The van der Waals surface area contributed by atoms with Gasteiger partial charge >= 0.3 is 6.18 Å². The molecular formula is C29H32F3N5O4. The number of halogens is 3. The molecule has 2 N–H and O–H groups in total. The van der Waals surface area contributed by atoms with Gasteiger partial charge in [-0.3, -0.25) is 19.5 Å². The molecule has 0 spiro atoms. The lowest BCUT2D eigenvalue weighted by Gasteiger charge is -2.41. The summed E-state index contributed by atoms with van der Waals surface area (Å²) in [7, 11) is 2.03. The van der Waals surface area contributed by atoms with Crippen LogP contribution < -0.4 is 5.32 Å². The van der Waals surface area contributed by atoms with E-state index in [1.165, 1.54) is 18.4 Å². The van der Waals surface area contributed by atoms with Crippen molar-refractivity contribution in [2.75, 3.05) is 26.7 Å². The largest absolute Gasteiger partial charge is 0.444 e. The molecule has 5 rings (SSSR count). The fourth-order valence-corrected chi connectivity index (χ4v) is 5.71. The molecule has 2 amide bonds. The number of carbonyl (C=O) groups is 2. The highest BCUT2D eigenvalue weighted by atomic mass is 19.4. The summed E-state index contributed by atoms with van der Waals surface area (Å²) in [4.78, 5) is 37.7. The molecule has 12 heteroatoms.